The zero-order valence-corrected chi connectivity index (χ0v) is 19.5. The minimum atomic E-state index is -3.63. The highest BCUT2D eigenvalue weighted by Gasteiger charge is 2.15. The number of ether oxygens (including phenoxy) is 2. The van der Waals surface area contributed by atoms with Crippen molar-refractivity contribution < 1.29 is 22.7 Å². The van der Waals surface area contributed by atoms with Gasteiger partial charge >= 0.3 is 0 Å². The van der Waals surface area contributed by atoms with Gasteiger partial charge in [-0.15, -0.1) is 0 Å². The summed E-state index contributed by atoms with van der Waals surface area (Å²) in [7, 11) is -2.05. The second-order valence-electron chi connectivity index (χ2n) is 7.42. The second-order valence-corrected chi connectivity index (χ2v) is 9.19. The van der Waals surface area contributed by atoms with Gasteiger partial charge in [-0.2, -0.15) is 0 Å². The first-order chi connectivity index (χ1) is 15.9. The van der Waals surface area contributed by atoms with Crippen molar-refractivity contribution in [3.8, 4) is 11.5 Å². The lowest BCUT2D eigenvalue weighted by molar-refractivity contribution is -0.123. The van der Waals surface area contributed by atoms with Crippen molar-refractivity contribution >= 4 is 15.9 Å². The van der Waals surface area contributed by atoms with E-state index in [4.69, 9.17) is 9.47 Å². The molecule has 3 aromatic rings. The Hall–Kier alpha value is -3.36. The molecular formula is C25H28N2O5S. The summed E-state index contributed by atoms with van der Waals surface area (Å²) in [6.45, 7) is 1.97. The van der Waals surface area contributed by atoms with Gasteiger partial charge in [0.15, 0.2) is 6.61 Å². The van der Waals surface area contributed by atoms with Crippen molar-refractivity contribution in [1.82, 2.24) is 10.0 Å². The zero-order valence-electron chi connectivity index (χ0n) is 18.7. The Kier molecular flexibility index (Phi) is 8.46. The molecule has 2 N–H and O–H groups in total. The molecule has 174 valence electrons. The molecule has 0 heterocycles. The van der Waals surface area contributed by atoms with Crippen LogP contribution in [0.2, 0.25) is 0 Å². The predicted octanol–water partition coefficient (Wildman–Crippen LogP) is 3.47. The van der Waals surface area contributed by atoms with Gasteiger partial charge < -0.3 is 14.8 Å². The lowest BCUT2D eigenvalue weighted by Gasteiger charge is -2.17. The molecule has 7 nitrogen and oxygen atoms in total. The Balaban J connectivity index is 1.49. The van der Waals surface area contributed by atoms with Crippen molar-refractivity contribution in [3.63, 3.8) is 0 Å². The summed E-state index contributed by atoms with van der Waals surface area (Å²) in [6, 6.07) is 22.8. The number of carbonyl (C=O) groups is 1. The molecule has 0 spiro atoms. The quantitative estimate of drug-likeness (QED) is 0.449. The number of hydrogen-bond donors (Lipinski definition) is 2. The fourth-order valence-electron chi connectivity index (χ4n) is 3.31. The summed E-state index contributed by atoms with van der Waals surface area (Å²) < 4.78 is 38.4. The number of methoxy groups -OCH3 is 1. The molecule has 0 radical (unpaired) electrons. The Bertz CT molecular complexity index is 1150. The summed E-state index contributed by atoms with van der Waals surface area (Å²) in [5.74, 6) is 0.798. The molecule has 33 heavy (non-hydrogen) atoms. The van der Waals surface area contributed by atoms with Crippen molar-refractivity contribution in [2.45, 2.75) is 24.3 Å². The molecule has 0 bridgehead atoms. The minimum absolute atomic E-state index is 0.136. The van der Waals surface area contributed by atoms with Crippen LogP contribution >= 0.6 is 0 Å². The molecular weight excluding hydrogens is 440 g/mol. The maximum atomic E-state index is 12.5. The van der Waals surface area contributed by atoms with E-state index < -0.39 is 10.0 Å². The van der Waals surface area contributed by atoms with E-state index in [0.717, 1.165) is 11.1 Å². The molecule has 1 atom stereocenters. The van der Waals surface area contributed by atoms with Gasteiger partial charge in [0.2, 0.25) is 10.0 Å². The smallest absolute Gasteiger partial charge is 0.258 e. The highest BCUT2D eigenvalue weighted by atomic mass is 32.2. The fraction of sp³-hybridized carbons (Fsp3) is 0.240. The lowest BCUT2D eigenvalue weighted by Crippen LogP contribution is -2.31. The molecule has 0 fully saturated rings. The molecule has 0 aromatic heterocycles. The largest absolute Gasteiger partial charge is 0.496 e. The van der Waals surface area contributed by atoms with Crippen LogP contribution < -0.4 is 19.5 Å². The van der Waals surface area contributed by atoms with Gasteiger partial charge in [0, 0.05) is 12.1 Å². The molecule has 0 aliphatic carbocycles. The van der Waals surface area contributed by atoms with Gasteiger partial charge in [0.1, 0.15) is 11.5 Å². The van der Waals surface area contributed by atoms with Crippen LogP contribution in [-0.2, 0) is 21.2 Å². The third-order valence-electron chi connectivity index (χ3n) is 5.04. The molecule has 0 unspecified atom stereocenters. The standard InChI is InChI=1S/C25H28N2O5S/c1-19(23-10-6-7-11-24(23)31-2)27-25(28)18-32-21-12-14-22(15-13-21)33(29,30)26-17-16-20-8-4-3-5-9-20/h3-15,19,26H,16-18H2,1-2H3,(H,27,28)/t19-/m0/s1. The molecule has 0 aliphatic heterocycles. The summed E-state index contributed by atoms with van der Waals surface area (Å²) in [5.41, 5.74) is 1.92. The van der Waals surface area contributed by atoms with E-state index in [1.165, 1.54) is 24.3 Å². The van der Waals surface area contributed by atoms with E-state index in [1.54, 1.807) is 7.11 Å². The molecule has 0 saturated heterocycles. The van der Waals surface area contributed by atoms with Gasteiger partial charge in [0.25, 0.3) is 5.91 Å². The SMILES string of the molecule is COc1ccccc1[C@H](C)NC(=O)COc1ccc(S(=O)(=O)NCCc2ccccc2)cc1. The number of amides is 1. The second kappa shape index (κ2) is 11.5. The Morgan fingerprint density at radius 3 is 2.30 bits per heavy atom. The predicted molar refractivity (Wildman–Crippen MR) is 127 cm³/mol. The highest BCUT2D eigenvalue weighted by molar-refractivity contribution is 7.89. The molecule has 3 aromatic carbocycles. The van der Waals surface area contributed by atoms with Crippen LogP contribution in [0, 0.1) is 0 Å². The number of rotatable bonds is 11. The average molecular weight is 469 g/mol. The van der Waals surface area contributed by atoms with E-state index in [2.05, 4.69) is 10.0 Å². The minimum Gasteiger partial charge on any atom is -0.496 e. The van der Waals surface area contributed by atoms with Crippen LogP contribution in [0.5, 0.6) is 11.5 Å². The van der Waals surface area contributed by atoms with E-state index in [-0.39, 0.29) is 23.5 Å². The average Bonchev–Trinajstić information content (AvgIpc) is 2.83. The summed E-state index contributed by atoms with van der Waals surface area (Å²) >= 11 is 0. The zero-order chi connectivity index (χ0) is 23.7. The third kappa shape index (κ3) is 7.06. The monoisotopic (exact) mass is 468 g/mol. The van der Waals surface area contributed by atoms with Gasteiger partial charge in [-0.05, 0) is 49.2 Å². The van der Waals surface area contributed by atoms with Crippen LogP contribution in [-0.4, -0.2) is 34.6 Å². The van der Waals surface area contributed by atoms with Gasteiger partial charge in [-0.3, -0.25) is 4.79 Å². The lowest BCUT2D eigenvalue weighted by atomic mass is 10.1. The third-order valence-corrected chi connectivity index (χ3v) is 6.51. The van der Waals surface area contributed by atoms with Crippen molar-refractivity contribution in [2.75, 3.05) is 20.3 Å². The first-order valence-electron chi connectivity index (χ1n) is 10.6. The van der Waals surface area contributed by atoms with E-state index >= 15 is 0 Å². The maximum absolute atomic E-state index is 12.5. The Morgan fingerprint density at radius 1 is 0.939 bits per heavy atom. The molecule has 0 aliphatic rings. The van der Waals surface area contributed by atoms with Gasteiger partial charge in [-0.25, -0.2) is 13.1 Å². The Morgan fingerprint density at radius 2 is 1.61 bits per heavy atom. The first kappa shape index (κ1) is 24.3. The Labute approximate surface area is 194 Å². The summed E-state index contributed by atoms with van der Waals surface area (Å²) in [6.07, 6.45) is 0.601. The number of hydrogen-bond acceptors (Lipinski definition) is 5. The van der Waals surface area contributed by atoms with E-state index in [9.17, 15) is 13.2 Å². The van der Waals surface area contributed by atoms with Crippen LogP contribution in [0.25, 0.3) is 0 Å². The molecule has 1 amide bonds. The maximum Gasteiger partial charge on any atom is 0.258 e. The summed E-state index contributed by atoms with van der Waals surface area (Å²) in [5, 5.41) is 2.86. The number of carbonyl (C=O) groups excluding carboxylic acids is 1. The van der Waals surface area contributed by atoms with Gasteiger partial charge in [0.05, 0.1) is 18.0 Å². The highest BCUT2D eigenvalue weighted by Crippen LogP contribution is 2.24. The van der Waals surface area contributed by atoms with Crippen LogP contribution in [0.15, 0.2) is 83.8 Å². The molecule has 0 saturated carbocycles. The molecule has 8 heteroatoms. The van der Waals surface area contributed by atoms with E-state index in [0.29, 0.717) is 24.5 Å². The van der Waals surface area contributed by atoms with Crippen molar-refractivity contribution in [3.05, 3.63) is 90.0 Å². The van der Waals surface area contributed by atoms with Crippen molar-refractivity contribution in [1.29, 1.82) is 0 Å². The first-order valence-corrected chi connectivity index (χ1v) is 12.1. The molecule has 3 rings (SSSR count). The van der Waals surface area contributed by atoms with Gasteiger partial charge in [-0.1, -0.05) is 48.5 Å². The number of benzene rings is 3. The van der Waals surface area contributed by atoms with Crippen LogP contribution in [0.3, 0.4) is 0 Å². The summed E-state index contributed by atoms with van der Waals surface area (Å²) in [4.78, 5) is 12.4. The normalized spacial score (nSPS) is 12.1. The fourth-order valence-corrected chi connectivity index (χ4v) is 4.34. The number of sulfonamides is 1. The topological polar surface area (TPSA) is 93.7 Å². The van der Waals surface area contributed by atoms with Crippen LogP contribution in [0.1, 0.15) is 24.1 Å². The van der Waals surface area contributed by atoms with Crippen molar-refractivity contribution in [2.24, 2.45) is 0 Å². The number of para-hydroxylation sites is 1. The number of nitrogens with one attached hydrogen (secondary N) is 2. The van der Waals surface area contributed by atoms with E-state index in [1.807, 2.05) is 61.5 Å². The van der Waals surface area contributed by atoms with Crippen LogP contribution in [0.4, 0.5) is 0 Å².